The zero-order chi connectivity index (χ0) is 21.8. The number of hydrogen-bond acceptors (Lipinski definition) is 3. The van der Waals surface area contributed by atoms with Crippen LogP contribution in [0.25, 0.3) is 16.8 Å². The van der Waals surface area contributed by atoms with Gasteiger partial charge in [0.2, 0.25) is 0 Å². The number of hydrogen-bond donors (Lipinski definition) is 1. The molecule has 0 aliphatic rings. The van der Waals surface area contributed by atoms with Crippen LogP contribution in [0.5, 0.6) is 0 Å². The largest absolute Gasteiger partial charge is 0.349 e. The molecule has 6 nitrogen and oxygen atoms in total. The van der Waals surface area contributed by atoms with E-state index in [-0.39, 0.29) is 17.5 Å². The van der Waals surface area contributed by atoms with E-state index in [9.17, 15) is 9.59 Å². The average molecular weight is 412 g/mol. The Kier molecular flexibility index (Phi) is 5.80. The van der Waals surface area contributed by atoms with Gasteiger partial charge < -0.3 is 5.32 Å². The first-order valence-corrected chi connectivity index (χ1v) is 10.2. The van der Waals surface area contributed by atoms with Crippen molar-refractivity contribution in [1.29, 1.82) is 0 Å². The van der Waals surface area contributed by atoms with Crippen molar-refractivity contribution in [1.82, 2.24) is 19.7 Å². The van der Waals surface area contributed by atoms with E-state index >= 15 is 0 Å². The summed E-state index contributed by atoms with van der Waals surface area (Å²) in [5.41, 5.74) is 4.32. The maximum Gasteiger partial charge on any atom is 0.255 e. The Labute approximate surface area is 180 Å². The van der Waals surface area contributed by atoms with Gasteiger partial charge in [-0.2, -0.15) is 5.10 Å². The number of nitrogens with one attached hydrogen (secondary N) is 1. The zero-order valence-corrected chi connectivity index (χ0v) is 17.5. The minimum absolute atomic E-state index is 0.0613. The first kappa shape index (κ1) is 20.3. The lowest BCUT2D eigenvalue weighted by molar-refractivity contribution is 0.0939. The molecule has 0 bridgehead atoms. The fraction of sp³-hybridized carbons (Fsp3) is 0.160. The summed E-state index contributed by atoms with van der Waals surface area (Å²) in [5.74, 6) is -0.217. The first-order chi connectivity index (χ1) is 15.0. The van der Waals surface area contributed by atoms with Crippen LogP contribution in [-0.2, 0) is 13.5 Å². The third kappa shape index (κ3) is 4.80. The van der Waals surface area contributed by atoms with Gasteiger partial charge in [0.05, 0.1) is 17.4 Å². The molecule has 4 rings (SSSR count). The lowest BCUT2D eigenvalue weighted by Crippen LogP contribution is -2.34. The second-order valence-corrected chi connectivity index (χ2v) is 7.64. The molecule has 31 heavy (non-hydrogen) atoms. The molecule has 0 radical (unpaired) electrons. The second kappa shape index (κ2) is 8.83. The van der Waals surface area contributed by atoms with Crippen molar-refractivity contribution < 1.29 is 4.79 Å². The van der Waals surface area contributed by atoms with Gasteiger partial charge in [0.25, 0.3) is 11.5 Å². The molecule has 0 fully saturated rings. The standard InChI is InChI=1S/C25H24N4O2/c1-18(14-19-8-10-21(11-9-19)20-6-4-3-5-7-20)27-25(31)22-12-13-24(30)29(16-22)23-15-26-28(2)17-23/h3-13,15-18H,14H2,1-2H3,(H,27,31)/t18-/m1/s1. The summed E-state index contributed by atoms with van der Waals surface area (Å²) >= 11 is 0. The molecule has 0 saturated heterocycles. The summed E-state index contributed by atoms with van der Waals surface area (Å²) in [6, 6.07) is 21.5. The Bertz CT molecular complexity index is 1240. The van der Waals surface area contributed by atoms with Crippen molar-refractivity contribution in [2.24, 2.45) is 7.05 Å². The lowest BCUT2D eigenvalue weighted by atomic mass is 10.0. The van der Waals surface area contributed by atoms with E-state index in [2.05, 4.69) is 46.8 Å². The van der Waals surface area contributed by atoms with Crippen LogP contribution in [0.15, 0.2) is 90.1 Å². The van der Waals surface area contributed by atoms with Crippen LogP contribution in [0.3, 0.4) is 0 Å². The number of aromatic nitrogens is 3. The van der Waals surface area contributed by atoms with Crippen LogP contribution in [-0.4, -0.2) is 26.3 Å². The van der Waals surface area contributed by atoms with E-state index < -0.39 is 0 Å². The SMILES string of the molecule is C[C@H](Cc1ccc(-c2ccccc2)cc1)NC(=O)c1ccc(=O)n(-c2cnn(C)c2)c1. The predicted octanol–water partition coefficient (Wildman–Crippen LogP) is 3.60. The van der Waals surface area contributed by atoms with Crippen LogP contribution in [0.2, 0.25) is 0 Å². The van der Waals surface area contributed by atoms with E-state index in [4.69, 9.17) is 0 Å². The van der Waals surface area contributed by atoms with Gasteiger partial charge in [-0.3, -0.25) is 18.8 Å². The highest BCUT2D eigenvalue weighted by atomic mass is 16.2. The predicted molar refractivity (Wildman–Crippen MR) is 121 cm³/mol. The molecule has 0 unspecified atom stereocenters. The van der Waals surface area contributed by atoms with E-state index in [1.165, 1.54) is 21.8 Å². The highest BCUT2D eigenvalue weighted by Gasteiger charge is 2.13. The van der Waals surface area contributed by atoms with E-state index in [1.807, 2.05) is 25.1 Å². The number of rotatable bonds is 6. The molecular formula is C25H24N4O2. The number of carbonyl (C=O) groups excluding carboxylic acids is 1. The normalized spacial score (nSPS) is 11.8. The monoisotopic (exact) mass is 412 g/mol. The highest BCUT2D eigenvalue weighted by Crippen LogP contribution is 2.19. The fourth-order valence-electron chi connectivity index (χ4n) is 3.53. The van der Waals surface area contributed by atoms with Crippen LogP contribution < -0.4 is 10.9 Å². The molecule has 1 atom stereocenters. The Morgan fingerprint density at radius 2 is 1.68 bits per heavy atom. The van der Waals surface area contributed by atoms with Crippen LogP contribution >= 0.6 is 0 Å². The topological polar surface area (TPSA) is 68.9 Å². The molecule has 0 spiro atoms. The smallest absolute Gasteiger partial charge is 0.255 e. The molecule has 4 aromatic rings. The maximum atomic E-state index is 12.7. The summed E-state index contributed by atoms with van der Waals surface area (Å²) in [6.45, 7) is 1.97. The van der Waals surface area contributed by atoms with Gasteiger partial charge in [0, 0.05) is 31.5 Å². The van der Waals surface area contributed by atoms with Crippen LogP contribution in [0.4, 0.5) is 0 Å². The Morgan fingerprint density at radius 1 is 0.968 bits per heavy atom. The molecule has 0 aliphatic heterocycles. The molecule has 1 amide bonds. The minimum Gasteiger partial charge on any atom is -0.349 e. The van der Waals surface area contributed by atoms with Crippen molar-refractivity contribution in [3.63, 3.8) is 0 Å². The molecule has 1 N–H and O–H groups in total. The van der Waals surface area contributed by atoms with Crippen LogP contribution in [0.1, 0.15) is 22.8 Å². The first-order valence-electron chi connectivity index (χ1n) is 10.2. The third-order valence-electron chi connectivity index (χ3n) is 5.12. The molecule has 0 aliphatic carbocycles. The molecule has 156 valence electrons. The van der Waals surface area contributed by atoms with Gasteiger partial charge >= 0.3 is 0 Å². The van der Waals surface area contributed by atoms with Crippen molar-refractivity contribution in [3.05, 3.63) is 107 Å². The van der Waals surface area contributed by atoms with E-state index in [1.54, 1.807) is 36.4 Å². The molecule has 2 heterocycles. The molecular weight excluding hydrogens is 388 g/mol. The van der Waals surface area contributed by atoms with Crippen molar-refractivity contribution in [2.75, 3.05) is 0 Å². The quantitative estimate of drug-likeness (QED) is 0.526. The average Bonchev–Trinajstić information content (AvgIpc) is 3.21. The molecule has 0 saturated carbocycles. The Hall–Kier alpha value is -3.93. The van der Waals surface area contributed by atoms with Crippen molar-refractivity contribution in [2.45, 2.75) is 19.4 Å². The Balaban J connectivity index is 1.42. The van der Waals surface area contributed by atoms with Gasteiger partial charge in [-0.05, 0) is 36.1 Å². The second-order valence-electron chi connectivity index (χ2n) is 7.64. The van der Waals surface area contributed by atoms with E-state index in [0.29, 0.717) is 17.7 Å². The number of nitrogens with zero attached hydrogens (tertiary/aromatic N) is 3. The number of aryl methyl sites for hydroxylation is 1. The number of benzene rings is 2. The summed E-state index contributed by atoms with van der Waals surface area (Å²) in [6.07, 6.45) is 5.58. The third-order valence-corrected chi connectivity index (χ3v) is 5.12. The lowest BCUT2D eigenvalue weighted by Gasteiger charge is -2.15. The zero-order valence-electron chi connectivity index (χ0n) is 17.5. The van der Waals surface area contributed by atoms with Gasteiger partial charge in [-0.25, -0.2) is 0 Å². The molecule has 2 aromatic carbocycles. The van der Waals surface area contributed by atoms with Gasteiger partial charge in [-0.1, -0.05) is 54.6 Å². The number of carbonyl (C=O) groups is 1. The summed E-state index contributed by atoms with van der Waals surface area (Å²) in [4.78, 5) is 24.9. The van der Waals surface area contributed by atoms with Gasteiger partial charge in [-0.15, -0.1) is 0 Å². The van der Waals surface area contributed by atoms with Crippen LogP contribution in [0, 0.1) is 0 Å². The fourth-order valence-corrected chi connectivity index (χ4v) is 3.53. The maximum absolute atomic E-state index is 12.7. The van der Waals surface area contributed by atoms with Crippen molar-refractivity contribution >= 4 is 5.91 Å². The van der Waals surface area contributed by atoms with Crippen molar-refractivity contribution in [3.8, 4) is 16.8 Å². The van der Waals surface area contributed by atoms with E-state index in [0.717, 1.165) is 5.56 Å². The number of pyridine rings is 1. The number of amides is 1. The summed E-state index contributed by atoms with van der Waals surface area (Å²) < 4.78 is 3.04. The van der Waals surface area contributed by atoms with Gasteiger partial charge in [0.1, 0.15) is 0 Å². The minimum atomic E-state index is -0.217. The summed E-state index contributed by atoms with van der Waals surface area (Å²) in [7, 11) is 1.78. The highest BCUT2D eigenvalue weighted by molar-refractivity contribution is 5.94. The molecule has 6 heteroatoms. The molecule has 2 aromatic heterocycles. The Morgan fingerprint density at radius 3 is 2.35 bits per heavy atom. The summed E-state index contributed by atoms with van der Waals surface area (Å²) in [5, 5.41) is 7.10. The van der Waals surface area contributed by atoms with Gasteiger partial charge in [0.15, 0.2) is 0 Å².